The number of amides is 1. The van der Waals surface area contributed by atoms with Gasteiger partial charge in [0.15, 0.2) is 0 Å². The zero-order chi connectivity index (χ0) is 24.0. The van der Waals surface area contributed by atoms with Crippen LogP contribution in [0.5, 0.6) is 0 Å². The number of carbonyl (C=O) groups is 2. The van der Waals surface area contributed by atoms with Crippen molar-refractivity contribution in [3.63, 3.8) is 0 Å². The average molecular weight is 467 g/mol. The number of methoxy groups -OCH3 is 1. The van der Waals surface area contributed by atoms with Crippen LogP contribution in [0.3, 0.4) is 0 Å². The van der Waals surface area contributed by atoms with E-state index in [0.29, 0.717) is 22.5 Å². The van der Waals surface area contributed by atoms with Crippen molar-refractivity contribution in [2.45, 2.75) is 26.2 Å². The lowest BCUT2D eigenvalue weighted by Gasteiger charge is -2.30. The number of quaternary nitrogens is 1. The Morgan fingerprint density at radius 2 is 1.79 bits per heavy atom. The quantitative estimate of drug-likeness (QED) is 0.134. The number of hydrogen-bond acceptors (Lipinski definition) is 6. The highest BCUT2D eigenvalue weighted by Gasteiger charge is 2.41. The second-order valence-corrected chi connectivity index (χ2v) is 8.61. The predicted octanol–water partition coefficient (Wildman–Crippen LogP) is 5.49. The number of hydrogen-bond donors (Lipinski definition) is 3. The number of carbonyl (C=O) groups excluding carboxylic acids is 2. The number of thiophene rings is 1. The SMILES string of the molecule is CCCCC(=O)[N+](C)(c1ccc(-c2ccccc2C(=N)NO)cc1)c1sccc1C(=O)OC. The maximum atomic E-state index is 13.5. The molecule has 0 radical (unpaired) electrons. The van der Waals surface area contributed by atoms with Crippen LogP contribution in [-0.4, -0.2) is 37.1 Å². The number of benzene rings is 2. The summed E-state index contributed by atoms with van der Waals surface area (Å²) in [7, 11) is 3.14. The van der Waals surface area contributed by atoms with Crippen molar-refractivity contribution in [2.24, 2.45) is 0 Å². The molecule has 1 amide bonds. The number of ether oxygens (including phenoxy) is 1. The number of unbranched alkanes of at least 4 members (excludes halogenated alkanes) is 1. The molecule has 1 unspecified atom stereocenters. The highest BCUT2D eigenvalue weighted by molar-refractivity contribution is 7.14. The first kappa shape index (κ1) is 24.3. The molecule has 3 rings (SSSR count). The van der Waals surface area contributed by atoms with Crippen LogP contribution >= 0.6 is 11.3 Å². The van der Waals surface area contributed by atoms with Crippen molar-refractivity contribution in [3.8, 4) is 11.1 Å². The van der Waals surface area contributed by atoms with E-state index in [2.05, 4.69) is 0 Å². The summed E-state index contributed by atoms with van der Waals surface area (Å²) in [6, 6.07) is 16.5. The molecule has 0 saturated heterocycles. The number of esters is 1. The van der Waals surface area contributed by atoms with Crippen molar-refractivity contribution in [1.82, 2.24) is 9.96 Å². The molecule has 3 N–H and O–H groups in total. The van der Waals surface area contributed by atoms with Crippen molar-refractivity contribution >= 4 is 39.7 Å². The third-order valence-electron chi connectivity index (χ3n) is 5.70. The van der Waals surface area contributed by atoms with Crippen molar-refractivity contribution in [2.75, 3.05) is 14.2 Å². The smallest absolute Gasteiger partial charge is 0.344 e. The van der Waals surface area contributed by atoms with E-state index in [0.717, 1.165) is 29.7 Å². The van der Waals surface area contributed by atoms with Gasteiger partial charge >= 0.3 is 11.9 Å². The molecule has 0 spiro atoms. The molecular formula is C25H28N3O4S+. The molecule has 8 heteroatoms. The molecule has 1 atom stereocenters. The van der Waals surface area contributed by atoms with Gasteiger partial charge in [-0.25, -0.2) is 9.59 Å². The van der Waals surface area contributed by atoms with Crippen LogP contribution in [0, 0.1) is 5.41 Å². The summed E-state index contributed by atoms with van der Waals surface area (Å²) in [5.74, 6) is -0.588. The summed E-state index contributed by atoms with van der Waals surface area (Å²) in [5, 5.41) is 19.6. The summed E-state index contributed by atoms with van der Waals surface area (Å²) in [6.07, 6.45) is 2.03. The van der Waals surface area contributed by atoms with Gasteiger partial charge in [0, 0.05) is 17.7 Å². The van der Waals surface area contributed by atoms with E-state index in [1.807, 2.05) is 55.8 Å². The van der Waals surface area contributed by atoms with Gasteiger partial charge in [-0.15, -0.1) is 0 Å². The van der Waals surface area contributed by atoms with Crippen LogP contribution in [0.15, 0.2) is 60.0 Å². The Balaban J connectivity index is 2.10. The van der Waals surface area contributed by atoms with E-state index in [1.165, 1.54) is 18.4 Å². The fraction of sp³-hybridized carbons (Fsp3) is 0.240. The Bertz CT molecular complexity index is 1160. The van der Waals surface area contributed by atoms with Gasteiger partial charge in [-0.1, -0.05) is 48.9 Å². The predicted molar refractivity (Wildman–Crippen MR) is 131 cm³/mol. The van der Waals surface area contributed by atoms with Crippen molar-refractivity contribution < 1.29 is 19.5 Å². The average Bonchev–Trinajstić information content (AvgIpc) is 3.36. The number of nitrogens with one attached hydrogen (secondary N) is 2. The van der Waals surface area contributed by atoms with Crippen LogP contribution in [0.2, 0.25) is 0 Å². The number of nitrogens with zero attached hydrogens (tertiary/aromatic N) is 1. The van der Waals surface area contributed by atoms with Crippen LogP contribution < -0.4 is 9.96 Å². The Hall–Kier alpha value is -3.33. The summed E-state index contributed by atoms with van der Waals surface area (Å²) in [6.45, 7) is 2.04. The van der Waals surface area contributed by atoms with Crippen LogP contribution in [0.4, 0.5) is 10.7 Å². The van der Waals surface area contributed by atoms with Crippen molar-refractivity contribution in [1.29, 1.82) is 5.41 Å². The van der Waals surface area contributed by atoms with Gasteiger partial charge < -0.3 is 4.74 Å². The van der Waals surface area contributed by atoms with Gasteiger partial charge in [0.1, 0.15) is 17.1 Å². The molecule has 172 valence electrons. The summed E-state index contributed by atoms with van der Waals surface area (Å²) >= 11 is 1.35. The minimum Gasteiger partial charge on any atom is -0.465 e. The van der Waals surface area contributed by atoms with Gasteiger partial charge in [-0.05, 0) is 41.1 Å². The Labute approximate surface area is 197 Å². The molecule has 3 aromatic rings. The molecule has 33 heavy (non-hydrogen) atoms. The molecule has 0 aliphatic carbocycles. The van der Waals surface area contributed by atoms with Gasteiger partial charge in [0.2, 0.25) is 5.00 Å². The normalized spacial score (nSPS) is 12.6. The Kier molecular flexibility index (Phi) is 7.75. The van der Waals surface area contributed by atoms with E-state index in [9.17, 15) is 14.8 Å². The fourth-order valence-electron chi connectivity index (χ4n) is 3.79. The highest BCUT2D eigenvalue weighted by Crippen LogP contribution is 2.41. The molecule has 0 bridgehead atoms. The van der Waals surface area contributed by atoms with E-state index in [-0.39, 0.29) is 16.2 Å². The number of rotatable bonds is 8. The minimum absolute atomic E-state index is 0.0103. The first-order valence-corrected chi connectivity index (χ1v) is 11.5. The zero-order valence-corrected chi connectivity index (χ0v) is 19.7. The first-order valence-electron chi connectivity index (χ1n) is 10.6. The molecule has 0 saturated carbocycles. The molecular weight excluding hydrogens is 438 g/mol. The second kappa shape index (κ2) is 10.5. The van der Waals surface area contributed by atoms with E-state index >= 15 is 0 Å². The minimum atomic E-state index is -0.473. The summed E-state index contributed by atoms with van der Waals surface area (Å²) < 4.78 is 4.81. The highest BCUT2D eigenvalue weighted by atomic mass is 32.1. The van der Waals surface area contributed by atoms with E-state index < -0.39 is 5.97 Å². The molecule has 0 fully saturated rings. The lowest BCUT2D eigenvalue weighted by molar-refractivity contribution is -0.126. The molecule has 0 aliphatic heterocycles. The largest absolute Gasteiger partial charge is 0.465 e. The maximum Gasteiger partial charge on any atom is 0.344 e. The molecule has 0 aliphatic rings. The topological polar surface area (TPSA) is 99.5 Å². The lowest BCUT2D eigenvalue weighted by Crippen LogP contribution is -2.46. The Morgan fingerprint density at radius 1 is 1.09 bits per heavy atom. The molecule has 7 nitrogen and oxygen atoms in total. The summed E-state index contributed by atoms with van der Waals surface area (Å²) in [4.78, 5) is 25.9. The fourth-order valence-corrected chi connectivity index (χ4v) is 4.82. The van der Waals surface area contributed by atoms with Crippen LogP contribution in [0.1, 0.15) is 42.1 Å². The zero-order valence-electron chi connectivity index (χ0n) is 18.9. The lowest BCUT2D eigenvalue weighted by atomic mass is 9.98. The number of hydroxylamine groups is 1. The van der Waals surface area contributed by atoms with Gasteiger partial charge in [0.25, 0.3) is 0 Å². The second-order valence-electron chi connectivity index (χ2n) is 7.71. The number of amidine groups is 1. The van der Waals surface area contributed by atoms with Crippen molar-refractivity contribution in [3.05, 3.63) is 71.1 Å². The molecule has 2 aromatic carbocycles. The van der Waals surface area contributed by atoms with Gasteiger partial charge in [0.05, 0.1) is 20.6 Å². The van der Waals surface area contributed by atoms with E-state index in [1.54, 1.807) is 23.6 Å². The molecule has 1 heterocycles. The monoisotopic (exact) mass is 466 g/mol. The summed E-state index contributed by atoms with van der Waals surface area (Å²) in [5.41, 5.74) is 5.16. The standard InChI is InChI=1S/C25H28N3O4S/c1-4-5-10-22(29)28(2,24-21(15-16-33-24)25(30)32-3)18-13-11-17(12-14-18)19-8-6-7-9-20(19)23(26)27-31/h6-9,11-16,31H,4-5,10H2,1-3H3,(H2,26,27)/q+1. The van der Waals surface area contributed by atoms with Gasteiger partial charge in [-0.2, -0.15) is 4.48 Å². The van der Waals surface area contributed by atoms with Crippen LogP contribution in [-0.2, 0) is 9.53 Å². The third kappa shape index (κ3) is 4.73. The maximum absolute atomic E-state index is 13.5. The van der Waals surface area contributed by atoms with Gasteiger partial charge in [-0.3, -0.25) is 16.1 Å². The first-order chi connectivity index (χ1) is 15.9. The third-order valence-corrected chi connectivity index (χ3v) is 6.78. The Morgan fingerprint density at radius 3 is 2.42 bits per heavy atom. The van der Waals surface area contributed by atoms with Crippen LogP contribution in [0.25, 0.3) is 11.1 Å². The van der Waals surface area contributed by atoms with E-state index in [4.69, 9.17) is 10.1 Å². The molecule has 1 aromatic heterocycles.